The van der Waals surface area contributed by atoms with Gasteiger partial charge in [-0.25, -0.2) is 0 Å². The number of amidine groups is 1. The third-order valence-electron chi connectivity index (χ3n) is 6.72. The average Bonchev–Trinajstić information content (AvgIpc) is 2.84. The molecule has 2 atom stereocenters. The predicted octanol–water partition coefficient (Wildman–Crippen LogP) is 6.74. The summed E-state index contributed by atoms with van der Waals surface area (Å²) in [7, 11) is 0. The predicted molar refractivity (Wildman–Crippen MR) is 136 cm³/mol. The molecule has 0 aromatic heterocycles. The zero-order valence-corrected chi connectivity index (χ0v) is 19.7. The van der Waals surface area contributed by atoms with Crippen molar-refractivity contribution in [3.8, 4) is 0 Å². The molecule has 2 aliphatic rings. The van der Waals surface area contributed by atoms with E-state index >= 15 is 0 Å². The van der Waals surface area contributed by atoms with Crippen LogP contribution in [0.2, 0.25) is 5.02 Å². The number of hydrogen-bond acceptors (Lipinski definition) is 3. The van der Waals surface area contributed by atoms with E-state index in [4.69, 9.17) is 11.6 Å². The van der Waals surface area contributed by atoms with E-state index in [1.54, 1.807) is 29.2 Å². The highest BCUT2D eigenvalue weighted by atomic mass is 35.5. The van der Waals surface area contributed by atoms with E-state index in [2.05, 4.69) is 0 Å². The zero-order valence-electron chi connectivity index (χ0n) is 18.9. The largest absolute Gasteiger partial charge is 0.302 e. The summed E-state index contributed by atoms with van der Waals surface area (Å²) >= 11 is 6.30. The maximum atomic E-state index is 14.0. The summed E-state index contributed by atoms with van der Waals surface area (Å²) in [5.74, 6) is -1.26. The Bertz CT molecular complexity index is 1310. The van der Waals surface area contributed by atoms with E-state index in [0.29, 0.717) is 34.7 Å². The van der Waals surface area contributed by atoms with Gasteiger partial charge in [-0.2, -0.15) is 0 Å². The number of nitrogens with zero attached hydrogens (tertiary/aromatic N) is 1. The number of aryl methyl sites for hydroxylation is 1. The van der Waals surface area contributed by atoms with Gasteiger partial charge >= 0.3 is 0 Å². The van der Waals surface area contributed by atoms with Crippen molar-refractivity contribution in [1.29, 1.82) is 5.41 Å². The minimum Gasteiger partial charge on any atom is -0.302 e. The van der Waals surface area contributed by atoms with E-state index in [0.717, 1.165) is 23.2 Å². The number of allylic oxidation sites excluding steroid dienone is 2. The summed E-state index contributed by atoms with van der Waals surface area (Å²) in [4.78, 5) is 29.2. The Hall–Kier alpha value is -3.50. The first-order valence-electron chi connectivity index (χ1n) is 11.5. The molecule has 3 aromatic rings. The SMILES string of the molecule is Cc1ccc(C2C3=C(CCCC3=O)N(c3cccc(Cl)c3)C(=N)C2C(=O)c2ccccc2)cc1. The van der Waals surface area contributed by atoms with Gasteiger partial charge in [0.05, 0.1) is 5.92 Å². The van der Waals surface area contributed by atoms with Crippen LogP contribution in [0.15, 0.2) is 90.1 Å². The molecule has 0 fully saturated rings. The number of anilines is 1. The Morgan fingerprint density at radius 3 is 2.41 bits per heavy atom. The molecule has 0 radical (unpaired) electrons. The second-order valence-electron chi connectivity index (χ2n) is 8.93. The lowest BCUT2D eigenvalue weighted by atomic mass is 9.69. The second-order valence-corrected chi connectivity index (χ2v) is 9.37. The standard InChI is InChI=1S/C29H25ClN2O2/c1-18-13-15-19(16-14-18)25-26-23(11-6-12-24(26)33)32(22-10-5-9-21(30)17-22)29(31)27(25)28(34)20-7-3-2-4-8-20/h2-5,7-10,13-17,25,27,31H,6,11-12H2,1H3. The lowest BCUT2D eigenvalue weighted by molar-refractivity contribution is -0.116. The maximum absolute atomic E-state index is 14.0. The molecule has 1 aliphatic heterocycles. The topological polar surface area (TPSA) is 61.2 Å². The molecule has 0 saturated heterocycles. The Morgan fingerprint density at radius 1 is 0.971 bits per heavy atom. The van der Waals surface area contributed by atoms with E-state index in [1.165, 1.54) is 0 Å². The average molecular weight is 469 g/mol. The van der Waals surface area contributed by atoms with Crippen molar-refractivity contribution in [3.63, 3.8) is 0 Å². The van der Waals surface area contributed by atoms with Crippen LogP contribution >= 0.6 is 11.6 Å². The highest BCUT2D eigenvalue weighted by Gasteiger charge is 2.47. The van der Waals surface area contributed by atoms with E-state index in [-0.39, 0.29) is 17.4 Å². The minimum atomic E-state index is -0.829. The van der Waals surface area contributed by atoms with Gasteiger partial charge < -0.3 is 4.90 Å². The summed E-state index contributed by atoms with van der Waals surface area (Å²) in [5.41, 5.74) is 4.69. The summed E-state index contributed by atoms with van der Waals surface area (Å²) < 4.78 is 0. The fourth-order valence-electron chi connectivity index (χ4n) is 5.14. The molecule has 34 heavy (non-hydrogen) atoms. The third-order valence-corrected chi connectivity index (χ3v) is 6.96. The van der Waals surface area contributed by atoms with Gasteiger partial charge in [-0.3, -0.25) is 15.0 Å². The van der Waals surface area contributed by atoms with Crippen molar-refractivity contribution in [2.75, 3.05) is 4.90 Å². The highest BCUT2D eigenvalue weighted by molar-refractivity contribution is 6.31. The van der Waals surface area contributed by atoms with Gasteiger partial charge in [-0.15, -0.1) is 0 Å². The fraction of sp³-hybridized carbons (Fsp3) is 0.207. The number of carbonyl (C=O) groups excluding carboxylic acids is 2. The van der Waals surface area contributed by atoms with Crippen molar-refractivity contribution in [1.82, 2.24) is 0 Å². The van der Waals surface area contributed by atoms with E-state index in [9.17, 15) is 15.0 Å². The van der Waals surface area contributed by atoms with Crippen LogP contribution in [0.3, 0.4) is 0 Å². The number of nitrogens with one attached hydrogen (secondary N) is 1. The Kier molecular flexibility index (Phi) is 5.93. The van der Waals surface area contributed by atoms with Crippen LogP contribution in [0.1, 0.15) is 46.7 Å². The minimum absolute atomic E-state index is 0.0530. The number of carbonyl (C=O) groups is 2. The summed E-state index contributed by atoms with van der Waals surface area (Å²) in [6.07, 6.45) is 1.84. The lowest BCUT2D eigenvalue weighted by Gasteiger charge is -2.44. The van der Waals surface area contributed by atoms with Crippen molar-refractivity contribution < 1.29 is 9.59 Å². The van der Waals surface area contributed by atoms with Gasteiger partial charge in [0.15, 0.2) is 11.6 Å². The molecule has 3 aromatic carbocycles. The van der Waals surface area contributed by atoms with Crippen molar-refractivity contribution in [2.24, 2.45) is 5.92 Å². The molecule has 5 heteroatoms. The summed E-state index contributed by atoms with van der Waals surface area (Å²) in [5, 5.41) is 9.86. The number of benzene rings is 3. The number of Topliss-reactive ketones (excluding diaryl/α,β-unsaturated/α-hetero) is 2. The molecule has 170 valence electrons. The van der Waals surface area contributed by atoms with Crippen LogP contribution < -0.4 is 4.90 Å². The van der Waals surface area contributed by atoms with Crippen LogP contribution in [0, 0.1) is 18.3 Å². The number of halogens is 1. The quantitative estimate of drug-likeness (QED) is 0.431. The van der Waals surface area contributed by atoms with Crippen LogP contribution in [-0.2, 0) is 4.79 Å². The zero-order chi connectivity index (χ0) is 23.8. The van der Waals surface area contributed by atoms with Gasteiger partial charge in [0.1, 0.15) is 5.84 Å². The molecule has 0 amide bonds. The van der Waals surface area contributed by atoms with E-state index in [1.807, 2.05) is 61.5 Å². The van der Waals surface area contributed by atoms with Crippen LogP contribution in [0.25, 0.3) is 0 Å². The third kappa shape index (κ3) is 3.88. The fourth-order valence-corrected chi connectivity index (χ4v) is 5.33. The first-order valence-corrected chi connectivity index (χ1v) is 11.9. The van der Waals surface area contributed by atoms with Crippen LogP contribution in [-0.4, -0.2) is 17.4 Å². The highest BCUT2D eigenvalue weighted by Crippen LogP contribution is 2.47. The molecular weight excluding hydrogens is 444 g/mol. The second kappa shape index (κ2) is 9.03. The van der Waals surface area contributed by atoms with Gasteiger partial charge in [0.2, 0.25) is 0 Å². The molecule has 0 bridgehead atoms. The Morgan fingerprint density at radius 2 is 1.71 bits per heavy atom. The van der Waals surface area contributed by atoms with Crippen molar-refractivity contribution in [2.45, 2.75) is 32.1 Å². The number of hydrogen-bond donors (Lipinski definition) is 1. The Balaban J connectivity index is 1.76. The van der Waals surface area contributed by atoms with Gasteiger partial charge in [-0.1, -0.05) is 77.8 Å². The molecule has 5 rings (SSSR count). The molecule has 0 saturated carbocycles. The lowest BCUT2D eigenvalue weighted by Crippen LogP contribution is -2.49. The van der Waals surface area contributed by atoms with Gasteiger partial charge in [0, 0.05) is 39.9 Å². The first kappa shape index (κ1) is 22.3. The molecule has 1 N–H and O–H groups in total. The monoisotopic (exact) mass is 468 g/mol. The molecule has 2 unspecified atom stereocenters. The molecule has 4 nitrogen and oxygen atoms in total. The molecule has 1 heterocycles. The van der Waals surface area contributed by atoms with Gasteiger partial charge in [-0.05, 0) is 43.5 Å². The molecule has 0 spiro atoms. The molecular formula is C29H25ClN2O2. The van der Waals surface area contributed by atoms with Crippen molar-refractivity contribution in [3.05, 3.63) is 112 Å². The summed E-state index contributed by atoms with van der Waals surface area (Å²) in [6.45, 7) is 2.01. The number of ketones is 2. The first-order chi connectivity index (χ1) is 16.5. The van der Waals surface area contributed by atoms with Gasteiger partial charge in [0.25, 0.3) is 0 Å². The van der Waals surface area contributed by atoms with Crippen molar-refractivity contribution >= 4 is 34.7 Å². The smallest absolute Gasteiger partial charge is 0.174 e. The number of rotatable bonds is 4. The molecule has 1 aliphatic carbocycles. The normalized spacial score (nSPS) is 20.4. The maximum Gasteiger partial charge on any atom is 0.174 e. The van der Waals surface area contributed by atoms with Crippen LogP contribution in [0.5, 0.6) is 0 Å². The summed E-state index contributed by atoms with van der Waals surface area (Å²) in [6, 6.07) is 24.3. The van der Waals surface area contributed by atoms with E-state index < -0.39 is 11.8 Å². The Labute approximate surface area is 204 Å². The van der Waals surface area contributed by atoms with Crippen LogP contribution in [0.4, 0.5) is 5.69 Å².